The van der Waals surface area contributed by atoms with Crippen molar-refractivity contribution in [2.24, 2.45) is 4.99 Å². The molecule has 1 saturated heterocycles. The third kappa shape index (κ3) is 4.70. The van der Waals surface area contributed by atoms with E-state index in [1.807, 2.05) is 49.5 Å². The first-order valence-corrected chi connectivity index (χ1v) is 12.0. The minimum absolute atomic E-state index is 0.0569. The molecule has 1 aromatic carbocycles. The van der Waals surface area contributed by atoms with Gasteiger partial charge in [-0.1, -0.05) is 12.1 Å². The van der Waals surface area contributed by atoms with Crippen molar-refractivity contribution < 1.29 is 4.74 Å². The lowest BCUT2D eigenvalue weighted by atomic mass is 10.1. The Morgan fingerprint density at radius 2 is 2.00 bits per heavy atom. The summed E-state index contributed by atoms with van der Waals surface area (Å²) in [6.45, 7) is 5.98. The molecule has 2 aromatic heterocycles. The number of anilines is 1. The molecular weight excluding hydrogens is 440 g/mol. The molecule has 2 aliphatic heterocycles. The summed E-state index contributed by atoms with van der Waals surface area (Å²) in [7, 11) is 1.78. The second-order valence-corrected chi connectivity index (χ2v) is 8.96. The summed E-state index contributed by atoms with van der Waals surface area (Å²) < 4.78 is 7.69. The molecule has 2 N–H and O–H groups in total. The first-order valence-electron chi connectivity index (χ1n) is 12.0. The molecule has 5 rings (SSSR count). The number of hydrogen-bond acceptors (Lipinski definition) is 8. The molecule has 0 bridgehead atoms. The Balaban J connectivity index is 1.37. The zero-order valence-electron chi connectivity index (χ0n) is 20.3. The highest BCUT2D eigenvalue weighted by molar-refractivity contribution is 5.83. The van der Waals surface area contributed by atoms with Crippen LogP contribution in [0.3, 0.4) is 0 Å². The monoisotopic (exact) mass is 470 g/mol. The Bertz CT molecular complexity index is 1300. The van der Waals surface area contributed by atoms with E-state index < -0.39 is 0 Å². The number of pyridine rings is 1. The van der Waals surface area contributed by atoms with Crippen LogP contribution in [0.25, 0.3) is 11.0 Å². The molecule has 9 nitrogen and oxygen atoms in total. The largest absolute Gasteiger partial charge is 0.381 e. The van der Waals surface area contributed by atoms with Crippen molar-refractivity contribution >= 4 is 22.8 Å². The molecule has 0 saturated carbocycles. The van der Waals surface area contributed by atoms with Crippen LogP contribution in [-0.2, 0) is 4.74 Å². The number of benzene rings is 1. The van der Waals surface area contributed by atoms with Crippen molar-refractivity contribution in [2.75, 3.05) is 25.5 Å². The van der Waals surface area contributed by atoms with Gasteiger partial charge in [0.25, 0.3) is 0 Å². The molecule has 180 valence electrons. The number of aromatic nitrogens is 3. The maximum absolute atomic E-state index is 9.11. The van der Waals surface area contributed by atoms with Crippen molar-refractivity contribution in [1.29, 1.82) is 5.26 Å². The number of imidazole rings is 1. The van der Waals surface area contributed by atoms with E-state index in [1.165, 1.54) is 0 Å². The van der Waals surface area contributed by atoms with Crippen molar-refractivity contribution in [3.8, 4) is 6.07 Å². The highest BCUT2D eigenvalue weighted by atomic mass is 16.5. The Morgan fingerprint density at radius 3 is 2.71 bits per heavy atom. The number of fused-ring (bicyclic) bond motifs is 1. The van der Waals surface area contributed by atoms with Crippen LogP contribution < -0.4 is 10.6 Å². The first-order chi connectivity index (χ1) is 17.1. The van der Waals surface area contributed by atoms with Gasteiger partial charge in [-0.2, -0.15) is 5.26 Å². The summed E-state index contributed by atoms with van der Waals surface area (Å²) in [6, 6.07) is 12.0. The lowest BCUT2D eigenvalue weighted by Crippen LogP contribution is -2.47. The van der Waals surface area contributed by atoms with Crippen LogP contribution in [0.5, 0.6) is 0 Å². The Kier molecular flexibility index (Phi) is 6.38. The molecule has 4 heterocycles. The summed E-state index contributed by atoms with van der Waals surface area (Å²) in [5.74, 6) is 2.52. The zero-order valence-corrected chi connectivity index (χ0v) is 20.3. The molecule has 2 unspecified atom stereocenters. The van der Waals surface area contributed by atoms with Gasteiger partial charge in [0, 0.05) is 32.5 Å². The molecule has 1 fully saturated rings. The highest BCUT2D eigenvalue weighted by Gasteiger charge is 2.23. The highest BCUT2D eigenvalue weighted by Crippen LogP contribution is 2.27. The van der Waals surface area contributed by atoms with E-state index >= 15 is 0 Å². The van der Waals surface area contributed by atoms with E-state index in [9.17, 15) is 0 Å². The number of nitriles is 1. The average Bonchev–Trinajstić information content (AvgIpc) is 3.23. The molecule has 0 spiro atoms. The summed E-state index contributed by atoms with van der Waals surface area (Å²) >= 11 is 0. The minimum atomic E-state index is -0.218. The Morgan fingerprint density at radius 1 is 1.23 bits per heavy atom. The van der Waals surface area contributed by atoms with Crippen LogP contribution in [-0.4, -0.2) is 57.9 Å². The summed E-state index contributed by atoms with van der Waals surface area (Å²) in [5, 5.41) is 15.8. The van der Waals surface area contributed by atoms with Gasteiger partial charge < -0.3 is 24.8 Å². The molecule has 0 radical (unpaired) electrons. The van der Waals surface area contributed by atoms with Gasteiger partial charge in [0.15, 0.2) is 5.96 Å². The van der Waals surface area contributed by atoms with Gasteiger partial charge in [-0.15, -0.1) is 0 Å². The summed E-state index contributed by atoms with van der Waals surface area (Å²) in [5.41, 5.74) is 3.62. The maximum Gasteiger partial charge on any atom is 0.200 e. The van der Waals surface area contributed by atoms with Crippen LogP contribution in [0, 0.1) is 18.3 Å². The molecule has 0 amide bonds. The summed E-state index contributed by atoms with van der Waals surface area (Å²) in [6.07, 6.45) is 7.83. The fourth-order valence-corrected chi connectivity index (χ4v) is 4.81. The molecule has 35 heavy (non-hydrogen) atoms. The van der Waals surface area contributed by atoms with Crippen LogP contribution in [0.1, 0.15) is 42.8 Å². The van der Waals surface area contributed by atoms with Crippen molar-refractivity contribution in [1.82, 2.24) is 24.8 Å². The third-order valence-electron chi connectivity index (χ3n) is 6.78. The molecule has 0 aliphatic carbocycles. The molecule has 2 atom stereocenters. The topological polar surface area (TPSA) is 103 Å². The predicted molar refractivity (Wildman–Crippen MR) is 136 cm³/mol. The lowest BCUT2D eigenvalue weighted by Gasteiger charge is -2.34. The van der Waals surface area contributed by atoms with Crippen LogP contribution in [0.4, 0.5) is 5.82 Å². The summed E-state index contributed by atoms with van der Waals surface area (Å²) in [4.78, 5) is 16.4. The lowest BCUT2D eigenvalue weighted by molar-refractivity contribution is 0.0572. The molecule has 2 aliphatic rings. The van der Waals surface area contributed by atoms with Crippen molar-refractivity contribution in [3.63, 3.8) is 0 Å². The number of likely N-dealkylation sites (tertiary alicyclic amines) is 1. The smallest absolute Gasteiger partial charge is 0.200 e. The van der Waals surface area contributed by atoms with Crippen LogP contribution in [0.2, 0.25) is 0 Å². The molecule has 3 aromatic rings. The van der Waals surface area contributed by atoms with E-state index in [1.54, 1.807) is 13.3 Å². The number of aryl methyl sites for hydroxylation is 1. The number of piperidine rings is 1. The fraction of sp³-hybridized carbons (Fsp3) is 0.385. The van der Waals surface area contributed by atoms with Gasteiger partial charge in [-0.05, 0) is 50.5 Å². The zero-order chi connectivity index (χ0) is 24.4. The minimum Gasteiger partial charge on any atom is -0.381 e. The number of methoxy groups -OCH3 is 1. The number of nitrogens with one attached hydrogen (secondary N) is 2. The number of nitrogens with zero attached hydrogens (tertiary/aromatic N) is 6. The predicted octanol–water partition coefficient (Wildman–Crippen LogP) is 3.54. The van der Waals surface area contributed by atoms with E-state index in [2.05, 4.69) is 38.1 Å². The van der Waals surface area contributed by atoms with Gasteiger partial charge in [0.05, 0.1) is 35.5 Å². The van der Waals surface area contributed by atoms with E-state index in [-0.39, 0.29) is 12.2 Å². The van der Waals surface area contributed by atoms with Gasteiger partial charge in [0.1, 0.15) is 23.3 Å². The third-order valence-corrected chi connectivity index (χ3v) is 6.78. The second-order valence-electron chi connectivity index (χ2n) is 8.96. The van der Waals surface area contributed by atoms with Gasteiger partial charge in [-0.25, -0.2) is 15.0 Å². The van der Waals surface area contributed by atoms with E-state index in [0.717, 1.165) is 60.1 Å². The fourth-order valence-electron chi connectivity index (χ4n) is 4.81. The standard InChI is InChI=1S/C26H30N8O/c1-17(20-6-4-19(15-27)5-7-20)34-18(2)30-22-16-29-25(14-23(22)34)31-24-8-11-28-26(32-24)33-12-9-21(35-3)10-13-33/h4-8,11,14,16-17,21,24H,9-10,12-13H2,1-3H3,(H,28,32)(H,29,31). The van der Waals surface area contributed by atoms with Crippen LogP contribution in [0.15, 0.2) is 53.8 Å². The van der Waals surface area contributed by atoms with E-state index in [4.69, 9.17) is 20.0 Å². The Hall–Kier alpha value is -3.90. The molecular formula is C26H30N8O. The van der Waals surface area contributed by atoms with E-state index in [0.29, 0.717) is 11.7 Å². The number of ether oxygens (including phenoxy) is 1. The quantitative estimate of drug-likeness (QED) is 0.588. The van der Waals surface area contributed by atoms with Gasteiger partial charge in [0.2, 0.25) is 0 Å². The average molecular weight is 471 g/mol. The van der Waals surface area contributed by atoms with Crippen molar-refractivity contribution in [2.45, 2.75) is 45.0 Å². The number of rotatable bonds is 5. The second kappa shape index (κ2) is 9.76. The van der Waals surface area contributed by atoms with Crippen molar-refractivity contribution in [3.05, 3.63) is 65.8 Å². The number of hydrogen-bond donors (Lipinski definition) is 2. The van der Waals surface area contributed by atoms with Gasteiger partial charge >= 0.3 is 0 Å². The number of aliphatic imine (C=N–C) groups is 1. The van der Waals surface area contributed by atoms with Crippen LogP contribution >= 0.6 is 0 Å². The first kappa shape index (κ1) is 22.9. The number of guanidine groups is 1. The normalized spacial score (nSPS) is 19.2. The molecule has 9 heteroatoms. The van der Waals surface area contributed by atoms with Gasteiger partial charge in [-0.3, -0.25) is 0 Å². The Labute approximate surface area is 205 Å². The SMILES string of the molecule is COC1CCN(C2=NC(Nc3cc4c(cn3)nc(C)n4C(C)c3ccc(C#N)cc3)C=CN2)CC1. The maximum atomic E-state index is 9.11.